The van der Waals surface area contributed by atoms with E-state index in [0.717, 1.165) is 6.42 Å². The topological polar surface area (TPSA) is 0 Å². The van der Waals surface area contributed by atoms with Crippen LogP contribution < -0.4 is 0 Å². The van der Waals surface area contributed by atoms with Crippen LogP contribution >= 0.6 is 0 Å². The van der Waals surface area contributed by atoms with Crippen LogP contribution in [0.2, 0.25) is 0 Å². The Morgan fingerprint density at radius 2 is 1.75 bits per heavy atom. The predicted octanol–water partition coefficient (Wildman–Crippen LogP) is 3.93. The van der Waals surface area contributed by atoms with Crippen LogP contribution in [0.5, 0.6) is 0 Å². The molecule has 0 aromatic heterocycles. The van der Waals surface area contributed by atoms with Gasteiger partial charge in [0.1, 0.15) is 11.7 Å². The second-order valence-corrected chi connectivity index (χ2v) is 2.78. The van der Waals surface area contributed by atoms with Crippen LogP contribution in [-0.2, 0) is 0 Å². The van der Waals surface area contributed by atoms with E-state index in [4.69, 9.17) is 0 Å². The zero-order chi connectivity index (χ0) is 9.72. The summed E-state index contributed by atoms with van der Waals surface area (Å²) in [5.74, 6) is -1.38. The number of hydrogen-bond donors (Lipinski definition) is 0. The average Bonchev–Trinajstić information content (AvgIpc) is 1.98. The quantitative estimate of drug-likeness (QED) is 0.564. The molecular weight excluding hydrogens is 158 g/mol. The van der Waals surface area contributed by atoms with Crippen LogP contribution in [-0.4, -0.2) is 0 Å². The summed E-state index contributed by atoms with van der Waals surface area (Å²) in [6.07, 6.45) is 2.34. The smallest absolute Gasteiger partial charge is 0.125 e. The van der Waals surface area contributed by atoms with E-state index in [9.17, 15) is 8.78 Å². The lowest BCUT2D eigenvalue weighted by Crippen LogP contribution is -1.91. The van der Waals surface area contributed by atoms with E-state index >= 15 is 0 Å². The third-order valence-electron chi connectivity index (χ3n) is 1.68. The summed E-state index contributed by atoms with van der Waals surface area (Å²) in [4.78, 5) is 0. The minimum atomic E-state index is -0.761. The molecule has 0 aliphatic rings. The molecule has 0 aromatic rings. The first kappa shape index (κ1) is 11.1. The predicted molar refractivity (Wildman–Crippen MR) is 48.0 cm³/mol. The molecule has 1 atom stereocenters. The molecule has 0 aliphatic carbocycles. The summed E-state index contributed by atoms with van der Waals surface area (Å²) in [5, 5.41) is 0. The van der Waals surface area contributed by atoms with Gasteiger partial charge in [-0.1, -0.05) is 39.5 Å². The minimum Gasteiger partial charge on any atom is -0.207 e. The maximum Gasteiger partial charge on any atom is 0.125 e. The third-order valence-corrected chi connectivity index (χ3v) is 1.68. The van der Waals surface area contributed by atoms with Crippen molar-refractivity contribution in [2.24, 2.45) is 5.92 Å². The standard InChI is InChI=1S/C10H14F2/c1-5-7(2)6-10(8(3)11)9(4)12/h6-7H,3-5H2,1-2H3. The van der Waals surface area contributed by atoms with Crippen molar-refractivity contribution in [3.63, 3.8) is 0 Å². The van der Waals surface area contributed by atoms with Crippen LogP contribution in [0.25, 0.3) is 0 Å². The van der Waals surface area contributed by atoms with Crippen molar-refractivity contribution in [3.05, 3.63) is 36.5 Å². The number of halogens is 2. The molecule has 0 fully saturated rings. The lowest BCUT2D eigenvalue weighted by molar-refractivity contribution is 0.596. The van der Waals surface area contributed by atoms with E-state index in [1.807, 2.05) is 13.8 Å². The summed E-state index contributed by atoms with van der Waals surface area (Å²) in [6.45, 7) is 9.88. The first-order valence-electron chi connectivity index (χ1n) is 3.90. The van der Waals surface area contributed by atoms with Crippen molar-refractivity contribution in [2.45, 2.75) is 20.3 Å². The minimum absolute atomic E-state index is 0.107. The van der Waals surface area contributed by atoms with Gasteiger partial charge < -0.3 is 0 Å². The van der Waals surface area contributed by atoms with Gasteiger partial charge in [-0.15, -0.1) is 0 Å². The average molecular weight is 172 g/mol. The third kappa shape index (κ3) is 3.46. The van der Waals surface area contributed by atoms with E-state index in [0.29, 0.717) is 0 Å². The van der Waals surface area contributed by atoms with Gasteiger partial charge in [0.15, 0.2) is 0 Å². The van der Waals surface area contributed by atoms with Crippen LogP contribution in [0, 0.1) is 5.92 Å². The molecular formula is C10H14F2. The number of rotatable bonds is 4. The largest absolute Gasteiger partial charge is 0.207 e. The monoisotopic (exact) mass is 172 g/mol. The molecule has 68 valence electrons. The van der Waals surface area contributed by atoms with Crippen LogP contribution in [0.1, 0.15) is 20.3 Å². The van der Waals surface area contributed by atoms with Gasteiger partial charge in [0.05, 0.1) is 0 Å². The fraction of sp³-hybridized carbons (Fsp3) is 0.400. The highest BCUT2D eigenvalue weighted by Crippen LogP contribution is 2.21. The lowest BCUT2D eigenvalue weighted by Gasteiger charge is -2.04. The highest BCUT2D eigenvalue weighted by molar-refractivity contribution is 5.37. The van der Waals surface area contributed by atoms with Crippen molar-refractivity contribution in [1.82, 2.24) is 0 Å². The van der Waals surface area contributed by atoms with Crippen molar-refractivity contribution >= 4 is 0 Å². The highest BCUT2D eigenvalue weighted by Gasteiger charge is 2.07. The van der Waals surface area contributed by atoms with Gasteiger partial charge in [-0.3, -0.25) is 0 Å². The Morgan fingerprint density at radius 3 is 2.00 bits per heavy atom. The van der Waals surface area contributed by atoms with E-state index in [2.05, 4.69) is 13.2 Å². The molecule has 0 N–H and O–H groups in total. The Labute approximate surface area is 72.3 Å². The Bertz CT molecular complexity index is 198. The Hall–Kier alpha value is -0.920. The summed E-state index contributed by atoms with van der Waals surface area (Å²) in [7, 11) is 0. The van der Waals surface area contributed by atoms with Crippen LogP contribution in [0.15, 0.2) is 36.5 Å². The summed E-state index contributed by atoms with van der Waals surface area (Å²) in [5.41, 5.74) is -0.107. The first-order valence-corrected chi connectivity index (χ1v) is 3.90. The van der Waals surface area contributed by atoms with Crippen LogP contribution in [0.3, 0.4) is 0 Å². The first-order chi connectivity index (χ1) is 5.49. The maximum atomic E-state index is 12.5. The molecule has 0 saturated heterocycles. The van der Waals surface area contributed by atoms with Gasteiger partial charge in [-0.2, -0.15) is 0 Å². The summed E-state index contributed by atoms with van der Waals surface area (Å²) < 4.78 is 25.1. The molecule has 0 saturated carbocycles. The van der Waals surface area contributed by atoms with Gasteiger partial charge in [0.25, 0.3) is 0 Å². The molecule has 0 amide bonds. The molecule has 0 radical (unpaired) electrons. The van der Waals surface area contributed by atoms with Crippen molar-refractivity contribution < 1.29 is 8.78 Å². The normalized spacial score (nSPS) is 12.0. The van der Waals surface area contributed by atoms with Crippen molar-refractivity contribution in [2.75, 3.05) is 0 Å². The Kier molecular flexibility index (Phi) is 4.49. The van der Waals surface area contributed by atoms with Gasteiger partial charge >= 0.3 is 0 Å². The van der Waals surface area contributed by atoms with Gasteiger partial charge in [0, 0.05) is 5.57 Å². The maximum absolute atomic E-state index is 12.5. The van der Waals surface area contributed by atoms with Gasteiger partial charge in [-0.05, 0) is 5.92 Å². The molecule has 0 aromatic carbocycles. The Morgan fingerprint density at radius 1 is 1.33 bits per heavy atom. The lowest BCUT2D eigenvalue weighted by atomic mass is 10.0. The highest BCUT2D eigenvalue weighted by atomic mass is 19.1. The van der Waals surface area contributed by atoms with E-state index < -0.39 is 11.7 Å². The second-order valence-electron chi connectivity index (χ2n) is 2.78. The fourth-order valence-electron chi connectivity index (χ4n) is 0.730. The van der Waals surface area contributed by atoms with Crippen molar-refractivity contribution in [1.29, 1.82) is 0 Å². The molecule has 0 heterocycles. The summed E-state index contributed by atoms with van der Waals surface area (Å²) >= 11 is 0. The van der Waals surface area contributed by atoms with E-state index in [1.54, 1.807) is 0 Å². The number of allylic oxidation sites excluding steroid dienone is 4. The molecule has 0 bridgehead atoms. The Balaban J connectivity index is 4.61. The molecule has 0 nitrogen and oxygen atoms in total. The van der Waals surface area contributed by atoms with Crippen molar-refractivity contribution in [3.8, 4) is 0 Å². The molecule has 12 heavy (non-hydrogen) atoms. The molecule has 1 unspecified atom stereocenters. The van der Waals surface area contributed by atoms with E-state index in [-0.39, 0.29) is 11.5 Å². The zero-order valence-corrected chi connectivity index (χ0v) is 7.53. The number of hydrogen-bond acceptors (Lipinski definition) is 0. The van der Waals surface area contributed by atoms with Gasteiger partial charge in [-0.25, -0.2) is 8.78 Å². The fourth-order valence-corrected chi connectivity index (χ4v) is 0.730. The molecule has 2 heteroatoms. The van der Waals surface area contributed by atoms with E-state index in [1.165, 1.54) is 6.08 Å². The SMILES string of the molecule is C=C(F)C(=CC(C)CC)C(=C)F. The second kappa shape index (κ2) is 4.86. The molecule has 0 spiro atoms. The van der Waals surface area contributed by atoms with Gasteiger partial charge in [0.2, 0.25) is 0 Å². The molecule has 0 aliphatic heterocycles. The summed E-state index contributed by atoms with van der Waals surface area (Å²) in [6, 6.07) is 0. The zero-order valence-electron chi connectivity index (χ0n) is 7.53. The van der Waals surface area contributed by atoms with Crippen LogP contribution in [0.4, 0.5) is 8.78 Å². The molecule has 0 rings (SSSR count).